The molecule has 2 heteroatoms. The maximum Gasteiger partial charge on any atom is 0.147 e. The van der Waals surface area contributed by atoms with E-state index in [1.54, 1.807) is 17.6 Å². The largest absolute Gasteiger partial charge is 0.463 e. The molecule has 0 aromatic carbocycles. The van der Waals surface area contributed by atoms with Gasteiger partial charge in [0.15, 0.2) is 0 Å². The molecule has 1 aliphatic carbocycles. The molecule has 0 aliphatic heterocycles. The average molecular weight is 162 g/mol. The zero-order chi connectivity index (χ0) is 7.26. The number of furan rings is 1. The fourth-order valence-electron chi connectivity index (χ4n) is 1.55. The van der Waals surface area contributed by atoms with Crippen molar-refractivity contribution in [2.75, 3.05) is 0 Å². The normalized spacial score (nSPS) is 13.1. The Bertz CT molecular complexity index is 359. The van der Waals surface area contributed by atoms with Gasteiger partial charge in [0.25, 0.3) is 0 Å². The Balaban J connectivity index is 2.38. The summed E-state index contributed by atoms with van der Waals surface area (Å²) in [5, 5.41) is 2.12. The van der Waals surface area contributed by atoms with Gasteiger partial charge in [-0.1, -0.05) is 0 Å². The topological polar surface area (TPSA) is 13.1 Å². The molecule has 0 radical (unpaired) electrons. The molecule has 11 heavy (non-hydrogen) atoms. The lowest BCUT2D eigenvalue weighted by atomic mass is 10.2. The molecule has 0 bridgehead atoms. The van der Waals surface area contributed by atoms with Gasteiger partial charge in [-0.15, -0.1) is 11.3 Å². The van der Waals surface area contributed by atoms with Crippen molar-refractivity contribution in [3.8, 4) is 10.6 Å². The Morgan fingerprint density at radius 1 is 1.27 bits per heavy atom. The van der Waals surface area contributed by atoms with Gasteiger partial charge in [0, 0.05) is 12.0 Å². The molecule has 2 aromatic heterocycles. The Hall–Kier alpha value is -1.02. The van der Waals surface area contributed by atoms with Crippen LogP contribution in [0.3, 0.4) is 0 Å². The van der Waals surface area contributed by atoms with Crippen LogP contribution in [0.4, 0.5) is 0 Å². The van der Waals surface area contributed by atoms with E-state index in [0.717, 1.165) is 12.2 Å². The van der Waals surface area contributed by atoms with Crippen LogP contribution in [0.5, 0.6) is 0 Å². The standard InChI is InChI=1S/C9H6OS/c1-3-10-8-6(1)5-7-2-4-11-9(7)8/h1-4H,5H2. The summed E-state index contributed by atoms with van der Waals surface area (Å²) in [6, 6.07) is 4.23. The van der Waals surface area contributed by atoms with Crippen LogP contribution in [0.25, 0.3) is 10.6 Å². The van der Waals surface area contributed by atoms with E-state index in [4.69, 9.17) is 4.42 Å². The maximum atomic E-state index is 5.37. The summed E-state index contributed by atoms with van der Waals surface area (Å²) in [5.74, 6) is 1.09. The fraction of sp³-hybridized carbons (Fsp3) is 0.111. The zero-order valence-electron chi connectivity index (χ0n) is 5.83. The molecule has 0 saturated heterocycles. The Morgan fingerprint density at radius 3 is 3.27 bits per heavy atom. The Kier molecular flexibility index (Phi) is 0.902. The minimum atomic E-state index is 1.06. The van der Waals surface area contributed by atoms with Crippen LogP contribution in [0.15, 0.2) is 28.2 Å². The second kappa shape index (κ2) is 1.77. The molecule has 1 aliphatic rings. The third-order valence-corrected chi connectivity index (χ3v) is 3.04. The second-order valence-electron chi connectivity index (χ2n) is 2.73. The minimum Gasteiger partial charge on any atom is -0.463 e. The van der Waals surface area contributed by atoms with Gasteiger partial charge >= 0.3 is 0 Å². The molecule has 0 atom stereocenters. The van der Waals surface area contributed by atoms with E-state index < -0.39 is 0 Å². The molecule has 0 spiro atoms. The predicted molar refractivity (Wildman–Crippen MR) is 44.8 cm³/mol. The summed E-state index contributed by atoms with van der Waals surface area (Å²) >= 11 is 1.77. The summed E-state index contributed by atoms with van der Waals surface area (Å²) in [4.78, 5) is 1.32. The molecule has 2 heterocycles. The van der Waals surface area contributed by atoms with Crippen LogP contribution in [0.1, 0.15) is 11.1 Å². The monoisotopic (exact) mass is 162 g/mol. The highest BCUT2D eigenvalue weighted by Gasteiger charge is 2.21. The van der Waals surface area contributed by atoms with E-state index in [-0.39, 0.29) is 0 Å². The fourth-order valence-corrected chi connectivity index (χ4v) is 2.50. The Labute approximate surface area is 68.3 Å². The van der Waals surface area contributed by atoms with Crippen molar-refractivity contribution < 1.29 is 4.42 Å². The summed E-state index contributed by atoms with van der Waals surface area (Å²) in [6.07, 6.45) is 2.83. The number of thiophene rings is 1. The molecule has 0 saturated carbocycles. The first kappa shape index (κ1) is 5.61. The first-order valence-corrected chi connectivity index (χ1v) is 4.46. The zero-order valence-corrected chi connectivity index (χ0v) is 6.65. The Morgan fingerprint density at radius 2 is 2.27 bits per heavy atom. The van der Waals surface area contributed by atoms with E-state index >= 15 is 0 Å². The van der Waals surface area contributed by atoms with Crippen molar-refractivity contribution in [3.05, 3.63) is 34.9 Å². The van der Waals surface area contributed by atoms with E-state index in [9.17, 15) is 0 Å². The van der Waals surface area contributed by atoms with Gasteiger partial charge in [-0.3, -0.25) is 0 Å². The maximum absolute atomic E-state index is 5.37. The third-order valence-electron chi connectivity index (χ3n) is 2.08. The van der Waals surface area contributed by atoms with Crippen LogP contribution >= 0.6 is 11.3 Å². The SMILES string of the molecule is c1cc2c(o1)-c1sccc1C2. The molecule has 54 valence electrons. The van der Waals surface area contributed by atoms with Gasteiger partial charge in [-0.25, -0.2) is 0 Å². The van der Waals surface area contributed by atoms with E-state index in [0.29, 0.717) is 0 Å². The molecule has 0 N–H and O–H groups in total. The van der Waals surface area contributed by atoms with E-state index in [1.165, 1.54) is 16.0 Å². The van der Waals surface area contributed by atoms with Crippen molar-refractivity contribution in [1.29, 1.82) is 0 Å². The predicted octanol–water partition coefficient (Wildman–Crippen LogP) is 2.91. The summed E-state index contributed by atoms with van der Waals surface area (Å²) in [7, 11) is 0. The third kappa shape index (κ3) is 0.601. The number of fused-ring (bicyclic) bond motifs is 3. The molecular formula is C9H6OS. The van der Waals surface area contributed by atoms with E-state index in [2.05, 4.69) is 17.5 Å². The minimum absolute atomic E-state index is 1.06. The van der Waals surface area contributed by atoms with Crippen molar-refractivity contribution in [2.45, 2.75) is 6.42 Å². The van der Waals surface area contributed by atoms with Gasteiger partial charge < -0.3 is 4.42 Å². The highest BCUT2D eigenvalue weighted by Crippen LogP contribution is 2.40. The number of hydrogen-bond acceptors (Lipinski definition) is 2. The van der Waals surface area contributed by atoms with Crippen LogP contribution < -0.4 is 0 Å². The van der Waals surface area contributed by atoms with Crippen LogP contribution in [0, 0.1) is 0 Å². The lowest BCUT2D eigenvalue weighted by Crippen LogP contribution is -1.72. The van der Waals surface area contributed by atoms with Gasteiger partial charge in [-0.05, 0) is 23.1 Å². The molecule has 1 nitrogen and oxygen atoms in total. The molecule has 0 amide bonds. The smallest absolute Gasteiger partial charge is 0.147 e. The van der Waals surface area contributed by atoms with Gasteiger partial charge in [0.05, 0.1) is 11.1 Å². The van der Waals surface area contributed by atoms with Crippen molar-refractivity contribution in [1.82, 2.24) is 0 Å². The quantitative estimate of drug-likeness (QED) is 0.495. The summed E-state index contributed by atoms with van der Waals surface area (Å²) in [5.41, 5.74) is 2.76. The summed E-state index contributed by atoms with van der Waals surface area (Å²) < 4.78 is 5.37. The molecule has 0 fully saturated rings. The first-order chi connectivity index (χ1) is 5.45. The average Bonchev–Trinajstić information content (AvgIpc) is 2.52. The molecule has 3 rings (SSSR count). The first-order valence-electron chi connectivity index (χ1n) is 3.58. The molecule has 0 unspecified atom stereocenters. The van der Waals surface area contributed by atoms with Crippen molar-refractivity contribution in [2.24, 2.45) is 0 Å². The highest BCUT2D eigenvalue weighted by molar-refractivity contribution is 7.13. The molecular weight excluding hydrogens is 156 g/mol. The lowest BCUT2D eigenvalue weighted by molar-refractivity contribution is 0.584. The van der Waals surface area contributed by atoms with Gasteiger partial charge in [0.2, 0.25) is 0 Å². The second-order valence-corrected chi connectivity index (χ2v) is 3.64. The van der Waals surface area contributed by atoms with Gasteiger partial charge in [-0.2, -0.15) is 0 Å². The van der Waals surface area contributed by atoms with Crippen LogP contribution in [-0.2, 0) is 6.42 Å². The molecule has 2 aromatic rings. The number of rotatable bonds is 0. The lowest BCUT2D eigenvalue weighted by Gasteiger charge is -1.84. The van der Waals surface area contributed by atoms with E-state index in [1.807, 2.05) is 0 Å². The van der Waals surface area contributed by atoms with Crippen LogP contribution in [-0.4, -0.2) is 0 Å². The van der Waals surface area contributed by atoms with Crippen molar-refractivity contribution >= 4 is 11.3 Å². The van der Waals surface area contributed by atoms with Crippen molar-refractivity contribution in [3.63, 3.8) is 0 Å². The highest BCUT2D eigenvalue weighted by atomic mass is 32.1. The summed E-state index contributed by atoms with van der Waals surface area (Å²) in [6.45, 7) is 0. The van der Waals surface area contributed by atoms with Crippen LogP contribution in [0.2, 0.25) is 0 Å². The van der Waals surface area contributed by atoms with Gasteiger partial charge in [0.1, 0.15) is 5.76 Å². The number of hydrogen-bond donors (Lipinski definition) is 0.